The summed E-state index contributed by atoms with van der Waals surface area (Å²) in [6.45, 7) is 0. The molecular formula is C9H7F4NO3. The average Bonchev–Trinajstić information content (AvgIpc) is 2.19. The maximum atomic E-state index is 13.0. The summed E-state index contributed by atoms with van der Waals surface area (Å²) in [5, 5.41) is 0. The van der Waals surface area contributed by atoms with Crippen molar-refractivity contribution >= 4 is 11.7 Å². The molecule has 1 aromatic rings. The number of hydrogen-bond donors (Lipinski definition) is 1. The molecule has 1 rings (SSSR count). The maximum absolute atomic E-state index is 13.0. The summed E-state index contributed by atoms with van der Waals surface area (Å²) in [6, 6.07) is 1.08. The number of ether oxygens (including phenoxy) is 2. The van der Waals surface area contributed by atoms with Gasteiger partial charge >= 0.3 is 12.3 Å². The van der Waals surface area contributed by atoms with E-state index >= 15 is 0 Å². The third-order valence-corrected chi connectivity index (χ3v) is 1.74. The van der Waals surface area contributed by atoms with Gasteiger partial charge in [-0.05, 0) is 6.07 Å². The molecule has 4 nitrogen and oxygen atoms in total. The van der Waals surface area contributed by atoms with E-state index in [1.54, 1.807) is 0 Å². The van der Waals surface area contributed by atoms with Gasteiger partial charge in [-0.25, -0.2) is 9.18 Å². The summed E-state index contributed by atoms with van der Waals surface area (Å²) in [6.07, 6.45) is -5.03. The van der Waals surface area contributed by atoms with E-state index in [1.165, 1.54) is 0 Å². The van der Waals surface area contributed by atoms with Crippen LogP contribution in [0.5, 0.6) is 5.75 Å². The number of methoxy groups -OCH3 is 1. The Labute approximate surface area is 92.9 Å². The van der Waals surface area contributed by atoms with E-state index < -0.39 is 35.1 Å². The second-order valence-corrected chi connectivity index (χ2v) is 2.90. The van der Waals surface area contributed by atoms with Gasteiger partial charge in [0.2, 0.25) is 0 Å². The summed E-state index contributed by atoms with van der Waals surface area (Å²) < 4.78 is 56.5. The summed E-state index contributed by atoms with van der Waals surface area (Å²) in [4.78, 5) is 11.1. The first-order chi connectivity index (χ1) is 7.74. The smallest absolute Gasteiger partial charge is 0.465 e. The fraction of sp³-hybridized carbons (Fsp3) is 0.222. The maximum Gasteiger partial charge on any atom is 0.573 e. The first-order valence-electron chi connectivity index (χ1n) is 4.17. The van der Waals surface area contributed by atoms with Crippen LogP contribution in [0.15, 0.2) is 12.1 Å². The number of benzene rings is 1. The van der Waals surface area contributed by atoms with Gasteiger partial charge in [-0.2, -0.15) is 0 Å². The predicted octanol–water partition coefficient (Wildman–Crippen LogP) is 2.09. The van der Waals surface area contributed by atoms with Crippen LogP contribution in [0.1, 0.15) is 10.4 Å². The summed E-state index contributed by atoms with van der Waals surface area (Å²) >= 11 is 0. The average molecular weight is 253 g/mol. The highest BCUT2D eigenvalue weighted by molar-refractivity contribution is 5.96. The second-order valence-electron chi connectivity index (χ2n) is 2.90. The minimum absolute atomic E-state index is 0.426. The van der Waals surface area contributed by atoms with Crippen molar-refractivity contribution in [3.05, 3.63) is 23.5 Å². The molecule has 1 aromatic carbocycles. The van der Waals surface area contributed by atoms with Gasteiger partial charge in [-0.3, -0.25) is 0 Å². The molecule has 2 N–H and O–H groups in total. The number of alkyl halides is 3. The van der Waals surface area contributed by atoms with Crippen LogP contribution in [-0.4, -0.2) is 19.4 Å². The minimum atomic E-state index is -5.03. The second kappa shape index (κ2) is 4.48. The van der Waals surface area contributed by atoms with Crippen molar-refractivity contribution in [1.82, 2.24) is 0 Å². The van der Waals surface area contributed by atoms with Crippen LogP contribution >= 0.6 is 0 Å². The molecule has 0 aliphatic carbocycles. The molecule has 94 valence electrons. The molecular weight excluding hydrogens is 246 g/mol. The number of carbonyl (C=O) groups is 1. The van der Waals surface area contributed by atoms with E-state index in [1.807, 2.05) is 0 Å². The van der Waals surface area contributed by atoms with Gasteiger partial charge in [-0.1, -0.05) is 0 Å². The molecule has 17 heavy (non-hydrogen) atoms. The van der Waals surface area contributed by atoms with Crippen LogP contribution in [0.25, 0.3) is 0 Å². The first kappa shape index (κ1) is 13.1. The van der Waals surface area contributed by atoms with Crippen molar-refractivity contribution < 1.29 is 31.8 Å². The van der Waals surface area contributed by atoms with E-state index in [0.29, 0.717) is 12.1 Å². The van der Waals surface area contributed by atoms with Crippen LogP contribution < -0.4 is 10.5 Å². The van der Waals surface area contributed by atoms with Gasteiger partial charge in [-0.15, -0.1) is 13.2 Å². The van der Waals surface area contributed by atoms with Crippen molar-refractivity contribution in [2.24, 2.45) is 0 Å². The highest BCUT2D eigenvalue weighted by Gasteiger charge is 2.33. The van der Waals surface area contributed by atoms with Crippen molar-refractivity contribution in [2.45, 2.75) is 6.36 Å². The largest absolute Gasteiger partial charge is 0.573 e. The lowest BCUT2D eigenvalue weighted by atomic mass is 10.1. The number of carbonyl (C=O) groups excluding carboxylic acids is 1. The van der Waals surface area contributed by atoms with E-state index in [0.717, 1.165) is 7.11 Å². The summed E-state index contributed by atoms with van der Waals surface area (Å²) in [5.74, 6) is -3.15. The Balaban J connectivity index is 3.24. The van der Waals surface area contributed by atoms with Crippen LogP contribution in [-0.2, 0) is 4.74 Å². The van der Waals surface area contributed by atoms with Crippen molar-refractivity contribution in [3.63, 3.8) is 0 Å². The molecule has 0 amide bonds. The fourth-order valence-corrected chi connectivity index (χ4v) is 1.08. The Hall–Kier alpha value is -1.99. The lowest BCUT2D eigenvalue weighted by Crippen LogP contribution is -2.19. The predicted molar refractivity (Wildman–Crippen MR) is 48.8 cm³/mol. The van der Waals surface area contributed by atoms with Crippen LogP contribution in [0.3, 0.4) is 0 Å². The Kier molecular flexibility index (Phi) is 3.45. The Bertz CT molecular complexity index is 445. The van der Waals surface area contributed by atoms with E-state index in [9.17, 15) is 22.4 Å². The number of anilines is 1. The number of halogens is 4. The zero-order chi connectivity index (χ0) is 13.2. The van der Waals surface area contributed by atoms with E-state index in [2.05, 4.69) is 9.47 Å². The van der Waals surface area contributed by atoms with Gasteiger partial charge in [0.15, 0.2) is 5.75 Å². The van der Waals surface area contributed by atoms with Crippen LogP contribution in [0.2, 0.25) is 0 Å². The molecule has 0 aliphatic heterocycles. The van der Waals surface area contributed by atoms with Gasteiger partial charge in [0.25, 0.3) is 0 Å². The van der Waals surface area contributed by atoms with Crippen LogP contribution in [0.4, 0.5) is 23.2 Å². The molecule has 0 spiro atoms. The monoisotopic (exact) mass is 253 g/mol. The third-order valence-electron chi connectivity index (χ3n) is 1.74. The van der Waals surface area contributed by atoms with Crippen molar-refractivity contribution in [3.8, 4) is 5.75 Å². The third kappa shape index (κ3) is 3.23. The molecule has 0 bridgehead atoms. The molecule has 8 heteroatoms. The first-order valence-corrected chi connectivity index (χ1v) is 4.17. The Morgan fingerprint density at radius 2 is 1.94 bits per heavy atom. The number of esters is 1. The molecule has 0 radical (unpaired) electrons. The molecule has 0 atom stereocenters. The molecule has 0 unspecified atom stereocenters. The molecule has 0 heterocycles. The highest BCUT2D eigenvalue weighted by atomic mass is 19.4. The number of hydrogen-bond acceptors (Lipinski definition) is 4. The molecule has 0 fully saturated rings. The minimum Gasteiger partial charge on any atom is -0.465 e. The Morgan fingerprint density at radius 3 is 2.41 bits per heavy atom. The van der Waals surface area contributed by atoms with Gasteiger partial charge in [0, 0.05) is 6.07 Å². The van der Waals surface area contributed by atoms with E-state index in [-0.39, 0.29) is 0 Å². The number of nitrogen functional groups attached to an aromatic ring is 1. The van der Waals surface area contributed by atoms with Crippen molar-refractivity contribution in [2.75, 3.05) is 12.8 Å². The molecule has 0 aromatic heterocycles. The van der Waals surface area contributed by atoms with Crippen LogP contribution in [0, 0.1) is 5.82 Å². The SMILES string of the molecule is COC(=O)c1cc(F)cc(OC(F)(F)F)c1N. The number of rotatable bonds is 2. The lowest BCUT2D eigenvalue weighted by Gasteiger charge is -2.13. The summed E-state index contributed by atoms with van der Waals surface area (Å²) in [5.41, 5.74) is 4.06. The lowest BCUT2D eigenvalue weighted by molar-refractivity contribution is -0.274. The normalized spacial score (nSPS) is 11.1. The van der Waals surface area contributed by atoms with E-state index in [4.69, 9.17) is 5.73 Å². The molecule has 0 saturated carbocycles. The van der Waals surface area contributed by atoms with Crippen molar-refractivity contribution in [1.29, 1.82) is 0 Å². The topological polar surface area (TPSA) is 61.5 Å². The molecule has 0 aliphatic rings. The highest BCUT2D eigenvalue weighted by Crippen LogP contribution is 2.32. The van der Waals surface area contributed by atoms with Gasteiger partial charge < -0.3 is 15.2 Å². The Morgan fingerprint density at radius 1 is 1.35 bits per heavy atom. The zero-order valence-corrected chi connectivity index (χ0v) is 8.47. The standard InChI is InChI=1S/C9H7F4NO3/c1-16-8(15)5-2-4(10)3-6(7(5)14)17-9(11,12)13/h2-3H,14H2,1H3. The number of nitrogens with two attached hydrogens (primary N) is 1. The summed E-state index contributed by atoms with van der Waals surface area (Å²) in [7, 11) is 0.983. The van der Waals surface area contributed by atoms with Gasteiger partial charge in [0.1, 0.15) is 5.82 Å². The zero-order valence-electron chi connectivity index (χ0n) is 8.47. The quantitative estimate of drug-likeness (QED) is 0.498. The fourth-order valence-electron chi connectivity index (χ4n) is 1.08. The molecule has 0 saturated heterocycles. The van der Waals surface area contributed by atoms with Gasteiger partial charge in [0.05, 0.1) is 18.4 Å².